The van der Waals surface area contributed by atoms with Crippen LogP contribution in [0, 0.1) is 6.92 Å². The molecule has 0 fully saturated rings. The number of aryl methyl sites for hydroxylation is 1. The Morgan fingerprint density at radius 3 is 2.41 bits per heavy atom. The Morgan fingerprint density at radius 2 is 1.79 bits per heavy atom. The third-order valence-electron chi connectivity index (χ3n) is 4.65. The van der Waals surface area contributed by atoms with Crippen molar-refractivity contribution in [3.8, 4) is 5.75 Å². The molecule has 2 rings (SSSR count). The van der Waals surface area contributed by atoms with Gasteiger partial charge in [0.2, 0.25) is 5.91 Å². The first kappa shape index (κ1) is 22.5. The number of ether oxygens (including phenoxy) is 1. The van der Waals surface area contributed by atoms with E-state index in [1.54, 1.807) is 4.90 Å². The lowest BCUT2D eigenvalue weighted by atomic mass is 10.1. The van der Waals surface area contributed by atoms with E-state index in [4.69, 9.17) is 4.74 Å². The molecule has 0 saturated heterocycles. The van der Waals surface area contributed by atoms with Gasteiger partial charge in [-0.2, -0.15) is 0 Å². The zero-order valence-electron chi connectivity index (χ0n) is 17.9. The summed E-state index contributed by atoms with van der Waals surface area (Å²) >= 11 is 0. The van der Waals surface area contributed by atoms with Crippen LogP contribution in [0.1, 0.15) is 38.3 Å². The number of amides is 2. The summed E-state index contributed by atoms with van der Waals surface area (Å²) in [6, 6.07) is 17.1. The molecule has 0 aliphatic carbocycles. The predicted molar refractivity (Wildman–Crippen MR) is 116 cm³/mol. The van der Waals surface area contributed by atoms with Crippen molar-refractivity contribution in [2.45, 2.75) is 52.6 Å². The van der Waals surface area contributed by atoms with Crippen LogP contribution in [0.5, 0.6) is 5.75 Å². The van der Waals surface area contributed by atoms with Crippen LogP contribution >= 0.6 is 0 Å². The van der Waals surface area contributed by atoms with Crippen molar-refractivity contribution in [1.82, 2.24) is 10.2 Å². The molecule has 0 spiro atoms. The second-order valence-corrected chi connectivity index (χ2v) is 7.52. The van der Waals surface area contributed by atoms with Crippen molar-refractivity contribution in [3.05, 3.63) is 65.7 Å². The van der Waals surface area contributed by atoms with Crippen LogP contribution in [0.3, 0.4) is 0 Å². The van der Waals surface area contributed by atoms with Gasteiger partial charge in [0.05, 0.1) is 0 Å². The molecule has 0 radical (unpaired) electrons. The molecule has 1 atom stereocenters. The lowest BCUT2D eigenvalue weighted by Gasteiger charge is -2.31. The molecule has 1 N–H and O–H groups in total. The van der Waals surface area contributed by atoms with E-state index < -0.39 is 6.04 Å². The minimum absolute atomic E-state index is 0.0196. The van der Waals surface area contributed by atoms with E-state index in [0.717, 1.165) is 11.1 Å². The van der Waals surface area contributed by atoms with Crippen LogP contribution in [-0.4, -0.2) is 41.9 Å². The molecule has 0 aliphatic rings. The SMILES string of the molecule is CC[C@H](C(=O)NC(C)C)N(CCc1ccccc1)C(=O)COc1cccc(C)c1. The summed E-state index contributed by atoms with van der Waals surface area (Å²) < 4.78 is 5.71. The smallest absolute Gasteiger partial charge is 0.261 e. The van der Waals surface area contributed by atoms with Gasteiger partial charge in [-0.05, 0) is 56.9 Å². The average molecular weight is 397 g/mol. The number of hydrogen-bond acceptors (Lipinski definition) is 3. The van der Waals surface area contributed by atoms with Gasteiger partial charge in [-0.25, -0.2) is 0 Å². The molecule has 2 amide bonds. The summed E-state index contributed by atoms with van der Waals surface area (Å²) in [5.41, 5.74) is 2.20. The number of nitrogens with zero attached hydrogens (tertiary/aromatic N) is 1. The summed E-state index contributed by atoms with van der Waals surface area (Å²) in [6.07, 6.45) is 1.23. The maximum absolute atomic E-state index is 13.0. The highest BCUT2D eigenvalue weighted by Gasteiger charge is 2.28. The van der Waals surface area contributed by atoms with Crippen LogP contribution in [-0.2, 0) is 16.0 Å². The normalized spacial score (nSPS) is 11.8. The largest absolute Gasteiger partial charge is 0.484 e. The van der Waals surface area contributed by atoms with Gasteiger partial charge in [0.15, 0.2) is 6.61 Å². The Morgan fingerprint density at radius 1 is 1.07 bits per heavy atom. The van der Waals surface area contributed by atoms with Crippen LogP contribution in [0.2, 0.25) is 0 Å². The van der Waals surface area contributed by atoms with E-state index in [0.29, 0.717) is 25.1 Å². The molecule has 0 aromatic heterocycles. The molecule has 0 unspecified atom stereocenters. The molecule has 156 valence electrons. The Balaban J connectivity index is 2.12. The molecular weight excluding hydrogens is 364 g/mol. The standard InChI is InChI=1S/C24H32N2O3/c1-5-22(24(28)25-18(2)3)26(15-14-20-11-7-6-8-12-20)23(27)17-29-21-13-9-10-19(4)16-21/h6-13,16,18,22H,5,14-15,17H2,1-4H3,(H,25,28)/t22-/m1/s1. The van der Waals surface area contributed by atoms with Crippen LogP contribution in [0.4, 0.5) is 0 Å². The number of hydrogen-bond donors (Lipinski definition) is 1. The highest BCUT2D eigenvalue weighted by Crippen LogP contribution is 2.14. The summed E-state index contributed by atoms with van der Waals surface area (Å²) in [5, 5.41) is 2.93. The van der Waals surface area contributed by atoms with Gasteiger partial charge in [-0.1, -0.05) is 49.4 Å². The van der Waals surface area contributed by atoms with Gasteiger partial charge in [0.1, 0.15) is 11.8 Å². The lowest BCUT2D eigenvalue weighted by molar-refractivity contribution is -0.142. The number of carbonyl (C=O) groups is 2. The van der Waals surface area contributed by atoms with E-state index in [1.165, 1.54) is 0 Å². The fourth-order valence-corrected chi connectivity index (χ4v) is 3.21. The van der Waals surface area contributed by atoms with Crippen molar-refractivity contribution in [3.63, 3.8) is 0 Å². The van der Waals surface area contributed by atoms with Crippen molar-refractivity contribution >= 4 is 11.8 Å². The number of benzene rings is 2. The molecular formula is C24H32N2O3. The molecule has 2 aromatic carbocycles. The molecule has 5 nitrogen and oxygen atoms in total. The minimum atomic E-state index is -0.519. The molecule has 0 aliphatic heterocycles. The second kappa shape index (κ2) is 11.2. The van der Waals surface area contributed by atoms with E-state index in [9.17, 15) is 9.59 Å². The summed E-state index contributed by atoms with van der Waals surface area (Å²) in [5.74, 6) is 0.341. The van der Waals surface area contributed by atoms with Crippen molar-refractivity contribution < 1.29 is 14.3 Å². The third kappa shape index (κ3) is 7.26. The Kier molecular flexibility index (Phi) is 8.71. The first-order valence-electron chi connectivity index (χ1n) is 10.2. The van der Waals surface area contributed by atoms with Gasteiger partial charge < -0.3 is 15.0 Å². The molecule has 0 saturated carbocycles. The summed E-state index contributed by atoms with van der Waals surface area (Å²) in [4.78, 5) is 27.4. The maximum atomic E-state index is 13.0. The fraction of sp³-hybridized carbons (Fsp3) is 0.417. The van der Waals surface area contributed by atoms with Gasteiger partial charge in [-0.15, -0.1) is 0 Å². The zero-order valence-corrected chi connectivity index (χ0v) is 17.9. The quantitative estimate of drug-likeness (QED) is 0.665. The van der Waals surface area contributed by atoms with Crippen LogP contribution in [0.25, 0.3) is 0 Å². The predicted octanol–water partition coefficient (Wildman–Crippen LogP) is 3.75. The summed E-state index contributed by atoms with van der Waals surface area (Å²) in [6.45, 7) is 8.11. The number of rotatable bonds is 10. The molecule has 0 bridgehead atoms. The highest BCUT2D eigenvalue weighted by molar-refractivity contribution is 5.88. The average Bonchev–Trinajstić information content (AvgIpc) is 2.69. The number of carbonyl (C=O) groups excluding carboxylic acids is 2. The summed E-state index contributed by atoms with van der Waals surface area (Å²) in [7, 11) is 0. The molecule has 2 aromatic rings. The third-order valence-corrected chi connectivity index (χ3v) is 4.65. The maximum Gasteiger partial charge on any atom is 0.261 e. The Labute approximate surface area is 174 Å². The Bertz CT molecular complexity index is 790. The lowest BCUT2D eigenvalue weighted by Crippen LogP contribution is -2.52. The second-order valence-electron chi connectivity index (χ2n) is 7.52. The zero-order chi connectivity index (χ0) is 21.2. The van der Waals surface area contributed by atoms with E-state index in [1.807, 2.05) is 82.3 Å². The van der Waals surface area contributed by atoms with Crippen molar-refractivity contribution in [2.75, 3.05) is 13.2 Å². The van der Waals surface area contributed by atoms with Crippen LogP contribution in [0.15, 0.2) is 54.6 Å². The fourth-order valence-electron chi connectivity index (χ4n) is 3.21. The molecule has 5 heteroatoms. The van der Waals surface area contributed by atoms with Crippen LogP contribution < -0.4 is 10.1 Å². The first-order valence-corrected chi connectivity index (χ1v) is 10.2. The van der Waals surface area contributed by atoms with Crippen molar-refractivity contribution in [1.29, 1.82) is 0 Å². The van der Waals surface area contributed by atoms with Gasteiger partial charge in [0, 0.05) is 12.6 Å². The minimum Gasteiger partial charge on any atom is -0.484 e. The van der Waals surface area contributed by atoms with E-state index in [2.05, 4.69) is 5.32 Å². The highest BCUT2D eigenvalue weighted by atomic mass is 16.5. The molecule has 0 heterocycles. The molecule has 29 heavy (non-hydrogen) atoms. The van der Waals surface area contributed by atoms with Gasteiger partial charge >= 0.3 is 0 Å². The first-order chi connectivity index (χ1) is 13.9. The monoisotopic (exact) mass is 396 g/mol. The topological polar surface area (TPSA) is 58.6 Å². The Hall–Kier alpha value is -2.82. The van der Waals surface area contributed by atoms with Crippen molar-refractivity contribution in [2.24, 2.45) is 0 Å². The van der Waals surface area contributed by atoms with E-state index >= 15 is 0 Å². The van der Waals surface area contributed by atoms with Gasteiger partial charge in [-0.3, -0.25) is 9.59 Å². The van der Waals surface area contributed by atoms with Gasteiger partial charge in [0.25, 0.3) is 5.91 Å². The number of nitrogens with one attached hydrogen (secondary N) is 1. The van der Waals surface area contributed by atoms with E-state index in [-0.39, 0.29) is 24.5 Å².